The first-order valence-electron chi connectivity index (χ1n) is 5.25. The lowest BCUT2D eigenvalue weighted by atomic mass is 9.93. The van der Waals surface area contributed by atoms with Crippen molar-refractivity contribution in [3.8, 4) is 0 Å². The average Bonchev–Trinajstić information content (AvgIpc) is 2.03. The zero-order valence-electron chi connectivity index (χ0n) is 9.08. The van der Waals surface area contributed by atoms with Crippen LogP contribution in [0, 0.1) is 12.3 Å². The summed E-state index contributed by atoms with van der Waals surface area (Å²) < 4.78 is 0. The van der Waals surface area contributed by atoms with Crippen LogP contribution in [0.3, 0.4) is 0 Å². The van der Waals surface area contributed by atoms with Gasteiger partial charge in [-0.15, -0.1) is 0 Å². The van der Waals surface area contributed by atoms with Crippen molar-refractivity contribution >= 4 is 0 Å². The summed E-state index contributed by atoms with van der Waals surface area (Å²) in [5.41, 5.74) is -0.539. The molecule has 2 nitrogen and oxygen atoms in total. The second kappa shape index (κ2) is 4.43. The molecule has 1 aliphatic rings. The summed E-state index contributed by atoms with van der Waals surface area (Å²) in [4.78, 5) is 2.36. The Hall–Kier alpha value is -0.0800. The van der Waals surface area contributed by atoms with Crippen LogP contribution in [0.15, 0.2) is 0 Å². The van der Waals surface area contributed by atoms with Gasteiger partial charge in [-0.25, -0.2) is 0 Å². The Balaban J connectivity index is 2.25. The Morgan fingerprint density at radius 2 is 1.92 bits per heavy atom. The Morgan fingerprint density at radius 1 is 1.38 bits per heavy atom. The van der Waals surface area contributed by atoms with Gasteiger partial charge in [0.2, 0.25) is 0 Å². The lowest BCUT2D eigenvalue weighted by molar-refractivity contribution is 0.0262. The normalized spacial score (nSPS) is 22.2. The molecule has 2 heteroatoms. The fourth-order valence-corrected chi connectivity index (χ4v) is 1.99. The molecule has 0 amide bonds. The van der Waals surface area contributed by atoms with E-state index in [0.717, 1.165) is 25.6 Å². The molecule has 77 valence electrons. The Morgan fingerprint density at radius 3 is 2.31 bits per heavy atom. The molecule has 1 aliphatic heterocycles. The van der Waals surface area contributed by atoms with Gasteiger partial charge in [0.25, 0.3) is 0 Å². The molecule has 1 radical (unpaired) electrons. The average molecular weight is 184 g/mol. The molecular formula is C11H22NO. The van der Waals surface area contributed by atoms with E-state index in [0.29, 0.717) is 0 Å². The minimum Gasteiger partial charge on any atom is -0.389 e. The molecule has 1 rings (SSSR count). The number of nitrogens with zero attached hydrogens (tertiary/aromatic N) is 1. The van der Waals surface area contributed by atoms with E-state index >= 15 is 0 Å². The zero-order chi connectivity index (χ0) is 9.90. The van der Waals surface area contributed by atoms with Crippen LogP contribution < -0.4 is 0 Å². The van der Waals surface area contributed by atoms with Gasteiger partial charge in [-0.3, -0.25) is 0 Å². The van der Waals surface area contributed by atoms with E-state index in [1.807, 2.05) is 13.8 Å². The third-order valence-corrected chi connectivity index (χ3v) is 2.71. The maximum atomic E-state index is 9.64. The van der Waals surface area contributed by atoms with Gasteiger partial charge in [0.1, 0.15) is 0 Å². The molecular weight excluding hydrogens is 162 g/mol. The highest BCUT2D eigenvalue weighted by Crippen LogP contribution is 2.20. The first-order chi connectivity index (χ1) is 6.01. The number of likely N-dealkylation sites (tertiary alicyclic amines) is 1. The molecule has 1 fully saturated rings. The minimum absolute atomic E-state index is 0.539. The molecule has 13 heavy (non-hydrogen) atoms. The second-order valence-corrected chi connectivity index (χ2v) is 4.76. The van der Waals surface area contributed by atoms with Crippen LogP contribution in [-0.2, 0) is 0 Å². The molecule has 0 aromatic rings. The number of β-amino-alcohol motifs (C(OH)–C–C–N with tert-alkyl or cyclic N) is 1. The van der Waals surface area contributed by atoms with E-state index in [2.05, 4.69) is 18.2 Å². The number of hydrogen-bond acceptors (Lipinski definition) is 2. The lowest BCUT2D eigenvalue weighted by Gasteiger charge is -2.34. The van der Waals surface area contributed by atoms with Crippen LogP contribution in [0.4, 0.5) is 0 Å². The highest BCUT2D eigenvalue weighted by Gasteiger charge is 2.22. The summed E-state index contributed by atoms with van der Waals surface area (Å²) >= 11 is 0. The molecule has 0 atom stereocenters. The van der Waals surface area contributed by atoms with Crippen molar-refractivity contribution in [2.75, 3.05) is 19.6 Å². The quantitative estimate of drug-likeness (QED) is 0.721. The zero-order valence-corrected chi connectivity index (χ0v) is 9.08. The molecule has 1 heterocycles. The van der Waals surface area contributed by atoms with E-state index in [-0.39, 0.29) is 0 Å². The number of rotatable bonds is 3. The van der Waals surface area contributed by atoms with E-state index < -0.39 is 5.60 Å². The van der Waals surface area contributed by atoms with Crippen LogP contribution in [-0.4, -0.2) is 35.2 Å². The summed E-state index contributed by atoms with van der Waals surface area (Å²) in [7, 11) is 0. The fourth-order valence-electron chi connectivity index (χ4n) is 1.99. The summed E-state index contributed by atoms with van der Waals surface area (Å²) in [6.07, 6.45) is 4.82. The maximum Gasteiger partial charge on any atom is 0.0718 e. The van der Waals surface area contributed by atoms with E-state index in [1.54, 1.807) is 0 Å². The van der Waals surface area contributed by atoms with Crippen molar-refractivity contribution in [3.63, 3.8) is 0 Å². The van der Waals surface area contributed by atoms with Crippen molar-refractivity contribution < 1.29 is 5.11 Å². The van der Waals surface area contributed by atoms with Crippen LogP contribution in [0.5, 0.6) is 0 Å². The molecule has 1 N–H and O–H groups in total. The highest BCUT2D eigenvalue weighted by molar-refractivity contribution is 4.81. The second-order valence-electron chi connectivity index (χ2n) is 4.76. The maximum absolute atomic E-state index is 9.64. The Labute approximate surface area is 81.9 Å². The molecule has 0 aliphatic carbocycles. The molecule has 0 spiro atoms. The molecule has 0 aromatic carbocycles. The number of piperidine rings is 1. The van der Waals surface area contributed by atoms with E-state index in [9.17, 15) is 5.11 Å². The first kappa shape index (κ1) is 11.0. The van der Waals surface area contributed by atoms with Crippen molar-refractivity contribution in [1.29, 1.82) is 0 Å². The third kappa shape index (κ3) is 4.10. The smallest absolute Gasteiger partial charge is 0.0718 e. The first-order valence-corrected chi connectivity index (χ1v) is 5.25. The van der Waals surface area contributed by atoms with Gasteiger partial charge >= 0.3 is 0 Å². The monoisotopic (exact) mass is 184 g/mol. The van der Waals surface area contributed by atoms with E-state index in [4.69, 9.17) is 0 Å². The molecule has 0 bridgehead atoms. The standard InChI is InChI=1S/C11H22NO/c1-4-10-5-7-12(8-6-10)9-11(2,3)13/h4,10,13H,5-9H2,1-3H3. The van der Waals surface area contributed by atoms with Gasteiger partial charge in [-0.2, -0.15) is 0 Å². The van der Waals surface area contributed by atoms with Gasteiger partial charge < -0.3 is 10.0 Å². The minimum atomic E-state index is -0.539. The molecule has 0 saturated carbocycles. The van der Waals surface area contributed by atoms with Gasteiger partial charge in [-0.1, -0.05) is 6.92 Å². The summed E-state index contributed by atoms with van der Waals surface area (Å²) in [5, 5.41) is 9.64. The predicted octanol–water partition coefficient (Wildman–Crippen LogP) is 1.69. The van der Waals surface area contributed by atoms with Gasteiger partial charge in [0, 0.05) is 6.54 Å². The third-order valence-electron chi connectivity index (χ3n) is 2.71. The predicted molar refractivity (Wildman–Crippen MR) is 55.4 cm³/mol. The Kier molecular flexibility index (Phi) is 3.74. The van der Waals surface area contributed by atoms with Crippen LogP contribution in [0.1, 0.15) is 33.6 Å². The largest absolute Gasteiger partial charge is 0.389 e. The van der Waals surface area contributed by atoms with Crippen molar-refractivity contribution in [2.45, 2.75) is 39.2 Å². The lowest BCUT2D eigenvalue weighted by Crippen LogP contribution is -2.42. The topological polar surface area (TPSA) is 23.5 Å². The van der Waals surface area contributed by atoms with Crippen LogP contribution in [0.25, 0.3) is 0 Å². The summed E-state index contributed by atoms with van der Waals surface area (Å²) in [6.45, 7) is 8.99. The fraction of sp³-hybridized carbons (Fsp3) is 0.909. The van der Waals surface area contributed by atoms with E-state index in [1.165, 1.54) is 12.8 Å². The van der Waals surface area contributed by atoms with Crippen molar-refractivity contribution in [2.24, 2.45) is 5.92 Å². The molecule has 0 unspecified atom stereocenters. The van der Waals surface area contributed by atoms with Gasteiger partial charge in [-0.05, 0) is 52.1 Å². The van der Waals surface area contributed by atoms with Crippen LogP contribution >= 0.6 is 0 Å². The number of aliphatic hydroxyl groups is 1. The van der Waals surface area contributed by atoms with Crippen molar-refractivity contribution in [1.82, 2.24) is 4.90 Å². The van der Waals surface area contributed by atoms with Gasteiger partial charge in [0.15, 0.2) is 0 Å². The summed E-state index contributed by atoms with van der Waals surface area (Å²) in [6, 6.07) is 0. The molecule has 0 aromatic heterocycles. The molecule has 1 saturated heterocycles. The number of hydrogen-bond donors (Lipinski definition) is 1. The van der Waals surface area contributed by atoms with Crippen LogP contribution in [0.2, 0.25) is 0 Å². The SMILES string of the molecule is C[CH]C1CCN(CC(C)(C)O)CC1. The van der Waals surface area contributed by atoms with Gasteiger partial charge in [0.05, 0.1) is 5.60 Å². The Bertz CT molecular complexity index is 143. The summed E-state index contributed by atoms with van der Waals surface area (Å²) in [5.74, 6) is 0.804. The highest BCUT2D eigenvalue weighted by atomic mass is 16.3. The van der Waals surface area contributed by atoms with Crippen molar-refractivity contribution in [3.05, 3.63) is 6.42 Å².